The fourth-order valence-electron chi connectivity index (χ4n) is 2.70. The maximum absolute atomic E-state index is 10.7. The van der Waals surface area contributed by atoms with Crippen molar-refractivity contribution in [3.05, 3.63) is 29.8 Å². The molecule has 3 nitrogen and oxygen atoms in total. The summed E-state index contributed by atoms with van der Waals surface area (Å²) in [7, 11) is 1.99. The Morgan fingerprint density at radius 1 is 1.28 bits per heavy atom. The standard InChI is InChI=1S/C15H23NO2/c1-3-18-14-6-4-12(5-7-14)15(17)10-8-13(16-2)9-11-15/h4-7,13,16-17H,3,8-11H2,1-2H3. The summed E-state index contributed by atoms with van der Waals surface area (Å²) in [5.74, 6) is 0.869. The van der Waals surface area contributed by atoms with E-state index in [4.69, 9.17) is 4.74 Å². The Labute approximate surface area is 109 Å². The van der Waals surface area contributed by atoms with Crippen molar-refractivity contribution in [2.24, 2.45) is 0 Å². The maximum Gasteiger partial charge on any atom is 0.119 e. The third kappa shape index (κ3) is 2.85. The highest BCUT2D eigenvalue weighted by molar-refractivity contribution is 5.31. The minimum atomic E-state index is -0.655. The Morgan fingerprint density at radius 3 is 2.39 bits per heavy atom. The summed E-state index contributed by atoms with van der Waals surface area (Å²) in [6.45, 7) is 2.65. The van der Waals surface area contributed by atoms with Gasteiger partial charge in [0.15, 0.2) is 0 Å². The van der Waals surface area contributed by atoms with E-state index in [1.807, 2.05) is 38.2 Å². The summed E-state index contributed by atoms with van der Waals surface area (Å²) in [4.78, 5) is 0. The molecular formula is C15H23NO2. The van der Waals surface area contributed by atoms with Crippen molar-refractivity contribution >= 4 is 0 Å². The summed E-state index contributed by atoms with van der Waals surface area (Å²) in [5.41, 5.74) is 0.360. The smallest absolute Gasteiger partial charge is 0.119 e. The molecule has 0 bridgehead atoms. The van der Waals surface area contributed by atoms with Crippen molar-refractivity contribution in [1.29, 1.82) is 0 Å². The second kappa shape index (κ2) is 5.72. The van der Waals surface area contributed by atoms with Crippen LogP contribution >= 0.6 is 0 Å². The van der Waals surface area contributed by atoms with Gasteiger partial charge in [0.05, 0.1) is 12.2 Å². The Morgan fingerprint density at radius 2 is 1.89 bits per heavy atom. The molecule has 18 heavy (non-hydrogen) atoms. The molecule has 1 aliphatic carbocycles. The van der Waals surface area contributed by atoms with Gasteiger partial charge in [-0.15, -0.1) is 0 Å². The van der Waals surface area contributed by atoms with Crippen LogP contribution in [0.5, 0.6) is 5.75 Å². The third-order valence-corrected chi connectivity index (χ3v) is 3.92. The highest BCUT2D eigenvalue weighted by Crippen LogP contribution is 2.37. The molecule has 1 fully saturated rings. The van der Waals surface area contributed by atoms with Crippen molar-refractivity contribution in [2.75, 3.05) is 13.7 Å². The number of ether oxygens (including phenoxy) is 1. The first-order valence-corrected chi connectivity index (χ1v) is 6.81. The Hall–Kier alpha value is -1.06. The van der Waals surface area contributed by atoms with Gasteiger partial charge in [-0.25, -0.2) is 0 Å². The topological polar surface area (TPSA) is 41.5 Å². The average Bonchev–Trinajstić information content (AvgIpc) is 2.41. The van der Waals surface area contributed by atoms with Gasteiger partial charge in [-0.1, -0.05) is 12.1 Å². The Balaban J connectivity index is 2.06. The van der Waals surface area contributed by atoms with Crippen molar-refractivity contribution in [1.82, 2.24) is 5.32 Å². The van der Waals surface area contributed by atoms with Gasteiger partial charge in [0.25, 0.3) is 0 Å². The van der Waals surface area contributed by atoms with Gasteiger partial charge >= 0.3 is 0 Å². The predicted octanol–water partition coefficient (Wildman–Crippen LogP) is 2.43. The lowest BCUT2D eigenvalue weighted by Gasteiger charge is -2.36. The van der Waals surface area contributed by atoms with Gasteiger partial charge in [-0.2, -0.15) is 0 Å². The minimum Gasteiger partial charge on any atom is -0.494 e. The van der Waals surface area contributed by atoms with Crippen LogP contribution in [0.15, 0.2) is 24.3 Å². The lowest BCUT2D eigenvalue weighted by molar-refractivity contribution is -0.00766. The quantitative estimate of drug-likeness (QED) is 0.861. The molecule has 3 heteroatoms. The molecule has 1 saturated carbocycles. The molecule has 0 heterocycles. The second-order valence-electron chi connectivity index (χ2n) is 5.05. The molecule has 1 aliphatic rings. The Bertz CT molecular complexity index is 367. The molecule has 0 spiro atoms. The normalized spacial score (nSPS) is 28.1. The number of hydrogen-bond donors (Lipinski definition) is 2. The molecule has 0 unspecified atom stereocenters. The minimum absolute atomic E-state index is 0.549. The van der Waals surface area contributed by atoms with Crippen LogP contribution in [0.4, 0.5) is 0 Å². The molecule has 0 aliphatic heterocycles. The van der Waals surface area contributed by atoms with Crippen LogP contribution in [0.3, 0.4) is 0 Å². The van der Waals surface area contributed by atoms with E-state index in [0.717, 1.165) is 37.0 Å². The largest absolute Gasteiger partial charge is 0.494 e. The van der Waals surface area contributed by atoms with Gasteiger partial charge in [-0.3, -0.25) is 0 Å². The van der Waals surface area contributed by atoms with Gasteiger partial charge in [0.2, 0.25) is 0 Å². The molecule has 0 radical (unpaired) electrons. The first-order chi connectivity index (χ1) is 8.68. The SMILES string of the molecule is CCOc1ccc(C2(O)CCC(NC)CC2)cc1. The van der Waals surface area contributed by atoms with Crippen LogP contribution in [-0.2, 0) is 5.60 Å². The summed E-state index contributed by atoms with van der Waals surface area (Å²) in [6.07, 6.45) is 3.71. The lowest BCUT2D eigenvalue weighted by atomic mass is 9.78. The van der Waals surface area contributed by atoms with Crippen molar-refractivity contribution in [3.63, 3.8) is 0 Å². The third-order valence-electron chi connectivity index (χ3n) is 3.92. The molecule has 1 aromatic carbocycles. The molecular weight excluding hydrogens is 226 g/mol. The number of rotatable bonds is 4. The molecule has 0 atom stereocenters. The van der Waals surface area contributed by atoms with E-state index >= 15 is 0 Å². The molecule has 0 amide bonds. The first-order valence-electron chi connectivity index (χ1n) is 6.81. The van der Waals surface area contributed by atoms with Crippen LogP contribution < -0.4 is 10.1 Å². The van der Waals surface area contributed by atoms with Crippen LogP contribution in [0.1, 0.15) is 38.2 Å². The van der Waals surface area contributed by atoms with E-state index in [1.54, 1.807) is 0 Å². The monoisotopic (exact) mass is 249 g/mol. The molecule has 100 valence electrons. The van der Waals surface area contributed by atoms with Crippen LogP contribution in [-0.4, -0.2) is 24.8 Å². The first kappa shape index (κ1) is 13.4. The maximum atomic E-state index is 10.7. The second-order valence-corrected chi connectivity index (χ2v) is 5.05. The van der Waals surface area contributed by atoms with Gasteiger partial charge in [0, 0.05) is 6.04 Å². The van der Waals surface area contributed by atoms with E-state index in [1.165, 1.54) is 0 Å². The van der Waals surface area contributed by atoms with Gasteiger partial charge in [0.1, 0.15) is 5.75 Å². The van der Waals surface area contributed by atoms with E-state index < -0.39 is 5.60 Å². The summed E-state index contributed by atoms with van der Waals surface area (Å²) in [5, 5.41) is 14.0. The molecule has 1 aromatic rings. The zero-order valence-corrected chi connectivity index (χ0v) is 11.3. The van der Waals surface area contributed by atoms with Crippen LogP contribution in [0.25, 0.3) is 0 Å². The number of aliphatic hydroxyl groups is 1. The molecule has 0 aromatic heterocycles. The fraction of sp³-hybridized carbons (Fsp3) is 0.600. The summed E-state index contributed by atoms with van der Waals surface area (Å²) >= 11 is 0. The number of benzene rings is 1. The van der Waals surface area contributed by atoms with E-state index in [0.29, 0.717) is 12.6 Å². The van der Waals surface area contributed by atoms with E-state index in [9.17, 15) is 5.11 Å². The van der Waals surface area contributed by atoms with Gasteiger partial charge in [-0.05, 0) is 57.4 Å². The molecule has 0 saturated heterocycles. The zero-order chi connectivity index (χ0) is 13.0. The fourth-order valence-corrected chi connectivity index (χ4v) is 2.70. The molecule has 2 rings (SSSR count). The van der Waals surface area contributed by atoms with E-state index in [-0.39, 0.29) is 0 Å². The van der Waals surface area contributed by atoms with Crippen LogP contribution in [0, 0.1) is 0 Å². The number of nitrogens with one attached hydrogen (secondary N) is 1. The van der Waals surface area contributed by atoms with E-state index in [2.05, 4.69) is 5.32 Å². The highest BCUT2D eigenvalue weighted by Gasteiger charge is 2.34. The van der Waals surface area contributed by atoms with Crippen molar-refractivity contribution < 1.29 is 9.84 Å². The van der Waals surface area contributed by atoms with Gasteiger partial charge < -0.3 is 15.2 Å². The predicted molar refractivity (Wildman–Crippen MR) is 72.8 cm³/mol. The van der Waals surface area contributed by atoms with Crippen LogP contribution in [0.2, 0.25) is 0 Å². The summed E-state index contributed by atoms with van der Waals surface area (Å²) < 4.78 is 5.42. The average molecular weight is 249 g/mol. The Kier molecular flexibility index (Phi) is 4.25. The lowest BCUT2D eigenvalue weighted by Crippen LogP contribution is -2.38. The molecule has 2 N–H and O–H groups in total. The van der Waals surface area contributed by atoms with Crippen molar-refractivity contribution in [3.8, 4) is 5.75 Å². The zero-order valence-electron chi connectivity index (χ0n) is 11.3. The number of hydrogen-bond acceptors (Lipinski definition) is 3. The summed E-state index contributed by atoms with van der Waals surface area (Å²) in [6, 6.07) is 8.42. The highest BCUT2D eigenvalue weighted by atomic mass is 16.5. The van der Waals surface area contributed by atoms with Crippen molar-refractivity contribution in [2.45, 2.75) is 44.2 Å².